The number of hydrogen-bond acceptors (Lipinski definition) is 4. The minimum absolute atomic E-state index is 0.145. The fraction of sp³-hybridized carbons (Fsp3) is 0.286. The summed E-state index contributed by atoms with van der Waals surface area (Å²) in [5, 5.41) is 9.42. The average Bonchev–Trinajstić information content (AvgIpc) is 2.42. The van der Waals surface area contributed by atoms with Crippen LogP contribution >= 0.6 is 0 Å². The van der Waals surface area contributed by atoms with Crippen molar-refractivity contribution in [1.82, 2.24) is 9.13 Å². The Morgan fingerprint density at radius 3 is 2.70 bits per heavy atom. The van der Waals surface area contributed by atoms with E-state index in [4.69, 9.17) is 5.73 Å². The Morgan fingerprint density at radius 1 is 1.20 bits per heavy atom. The average molecular weight is 275 g/mol. The third kappa shape index (κ3) is 3.16. The van der Waals surface area contributed by atoms with E-state index in [1.165, 1.54) is 21.4 Å². The molecule has 0 amide bonds. The first kappa shape index (κ1) is 14.1. The highest BCUT2D eigenvalue weighted by Gasteiger charge is 2.05. The van der Waals surface area contributed by atoms with Gasteiger partial charge in [0.1, 0.15) is 5.75 Å². The zero-order chi connectivity index (χ0) is 14.5. The van der Waals surface area contributed by atoms with E-state index in [0.717, 1.165) is 5.56 Å². The van der Waals surface area contributed by atoms with Crippen molar-refractivity contribution in [2.75, 3.05) is 6.54 Å². The first-order chi connectivity index (χ1) is 9.61. The predicted molar refractivity (Wildman–Crippen MR) is 75.8 cm³/mol. The van der Waals surface area contributed by atoms with Crippen LogP contribution in [-0.4, -0.2) is 20.8 Å². The molecule has 0 unspecified atom stereocenters. The third-order valence-corrected chi connectivity index (χ3v) is 2.99. The second-order valence-electron chi connectivity index (χ2n) is 4.53. The Morgan fingerprint density at radius 2 is 2.00 bits per heavy atom. The highest BCUT2D eigenvalue weighted by atomic mass is 16.3. The number of hydrogen-bond donors (Lipinski definition) is 2. The molecule has 0 bridgehead atoms. The molecule has 0 spiro atoms. The monoisotopic (exact) mass is 275 g/mol. The molecule has 2 aromatic rings. The van der Waals surface area contributed by atoms with Crippen molar-refractivity contribution < 1.29 is 5.11 Å². The normalized spacial score (nSPS) is 10.7. The van der Waals surface area contributed by atoms with Crippen molar-refractivity contribution in [2.45, 2.75) is 19.5 Å². The van der Waals surface area contributed by atoms with E-state index in [-0.39, 0.29) is 17.0 Å². The minimum atomic E-state index is -0.366. The standard InChI is InChI=1S/C14H17N3O3/c15-6-2-7-17-13(19)5-8-16(14(17)20)10-11-3-1-4-12(18)9-11/h1,3-5,8-9,18H,2,6-7,10,15H2. The molecule has 20 heavy (non-hydrogen) atoms. The summed E-state index contributed by atoms with van der Waals surface area (Å²) in [7, 11) is 0. The Bertz CT molecular complexity index is 703. The molecule has 0 radical (unpaired) electrons. The molecule has 0 aliphatic rings. The van der Waals surface area contributed by atoms with Crippen LogP contribution in [0.15, 0.2) is 46.1 Å². The van der Waals surface area contributed by atoms with E-state index in [1.54, 1.807) is 18.2 Å². The number of rotatable bonds is 5. The Hall–Kier alpha value is -2.34. The molecule has 6 heteroatoms. The molecule has 0 aliphatic carbocycles. The molecule has 6 nitrogen and oxygen atoms in total. The third-order valence-electron chi connectivity index (χ3n) is 2.99. The summed E-state index contributed by atoms with van der Waals surface area (Å²) in [6.45, 7) is 1.04. The first-order valence-electron chi connectivity index (χ1n) is 6.40. The molecular formula is C14H17N3O3. The summed E-state index contributed by atoms with van der Waals surface area (Å²) < 4.78 is 2.61. The van der Waals surface area contributed by atoms with E-state index in [0.29, 0.717) is 26.1 Å². The summed E-state index contributed by atoms with van der Waals surface area (Å²) in [6, 6.07) is 8.03. The second-order valence-corrected chi connectivity index (χ2v) is 4.53. The van der Waals surface area contributed by atoms with E-state index < -0.39 is 0 Å². The fourth-order valence-electron chi connectivity index (χ4n) is 1.98. The Kier molecular flexibility index (Phi) is 4.37. The van der Waals surface area contributed by atoms with Crippen molar-refractivity contribution in [3.05, 3.63) is 62.9 Å². The number of phenols is 1. The number of benzene rings is 1. The molecule has 0 fully saturated rings. The molecule has 2 rings (SSSR count). The number of aromatic nitrogens is 2. The zero-order valence-electron chi connectivity index (χ0n) is 11.0. The van der Waals surface area contributed by atoms with Crippen molar-refractivity contribution in [2.24, 2.45) is 5.73 Å². The SMILES string of the molecule is NCCCn1c(=O)ccn(Cc2cccc(O)c2)c1=O. The van der Waals surface area contributed by atoms with Gasteiger partial charge >= 0.3 is 5.69 Å². The van der Waals surface area contributed by atoms with Crippen LogP contribution in [0.3, 0.4) is 0 Å². The maximum absolute atomic E-state index is 12.2. The lowest BCUT2D eigenvalue weighted by atomic mass is 10.2. The molecule has 1 heterocycles. The van der Waals surface area contributed by atoms with Crippen molar-refractivity contribution >= 4 is 0 Å². The van der Waals surface area contributed by atoms with Crippen LogP contribution in [0.4, 0.5) is 0 Å². The molecule has 1 aromatic carbocycles. The van der Waals surface area contributed by atoms with Crippen LogP contribution in [0.2, 0.25) is 0 Å². The number of phenolic OH excluding ortho intramolecular Hbond substituents is 1. The molecular weight excluding hydrogens is 258 g/mol. The molecule has 1 aromatic heterocycles. The highest BCUT2D eigenvalue weighted by molar-refractivity contribution is 5.27. The maximum Gasteiger partial charge on any atom is 0.331 e. The van der Waals surface area contributed by atoms with Gasteiger partial charge < -0.3 is 10.8 Å². The molecule has 0 aliphatic heterocycles. The van der Waals surface area contributed by atoms with E-state index in [9.17, 15) is 14.7 Å². The van der Waals surface area contributed by atoms with Gasteiger partial charge in [0.15, 0.2) is 0 Å². The van der Waals surface area contributed by atoms with Crippen molar-refractivity contribution in [3.8, 4) is 5.75 Å². The van der Waals surface area contributed by atoms with Gasteiger partial charge in [0.05, 0.1) is 6.54 Å². The van der Waals surface area contributed by atoms with Gasteiger partial charge in [-0.05, 0) is 30.7 Å². The van der Waals surface area contributed by atoms with Gasteiger partial charge in [-0.2, -0.15) is 0 Å². The van der Waals surface area contributed by atoms with Gasteiger partial charge in [-0.3, -0.25) is 13.9 Å². The van der Waals surface area contributed by atoms with Crippen molar-refractivity contribution in [1.29, 1.82) is 0 Å². The summed E-state index contributed by atoms with van der Waals surface area (Å²) in [4.78, 5) is 23.9. The number of nitrogens with zero attached hydrogens (tertiary/aromatic N) is 2. The smallest absolute Gasteiger partial charge is 0.331 e. The zero-order valence-corrected chi connectivity index (χ0v) is 11.0. The summed E-state index contributed by atoms with van der Waals surface area (Å²) in [5.74, 6) is 0.145. The Labute approximate surface area is 115 Å². The van der Waals surface area contributed by atoms with Crippen LogP contribution in [0.25, 0.3) is 0 Å². The van der Waals surface area contributed by atoms with E-state index in [2.05, 4.69) is 0 Å². The topological polar surface area (TPSA) is 90.2 Å². The van der Waals surface area contributed by atoms with Gasteiger partial charge in [0.2, 0.25) is 0 Å². The largest absolute Gasteiger partial charge is 0.508 e. The van der Waals surface area contributed by atoms with Gasteiger partial charge in [0.25, 0.3) is 5.56 Å². The summed E-state index contributed by atoms with van der Waals surface area (Å²) in [5.41, 5.74) is 5.50. The highest BCUT2D eigenvalue weighted by Crippen LogP contribution is 2.11. The molecule has 0 saturated heterocycles. The first-order valence-corrected chi connectivity index (χ1v) is 6.40. The van der Waals surface area contributed by atoms with Gasteiger partial charge in [-0.25, -0.2) is 4.79 Å². The quantitative estimate of drug-likeness (QED) is 0.810. The van der Waals surface area contributed by atoms with Crippen LogP contribution in [0.1, 0.15) is 12.0 Å². The van der Waals surface area contributed by atoms with Crippen molar-refractivity contribution in [3.63, 3.8) is 0 Å². The van der Waals surface area contributed by atoms with Crippen LogP contribution < -0.4 is 17.0 Å². The summed E-state index contributed by atoms with van der Waals surface area (Å²) >= 11 is 0. The lowest BCUT2D eigenvalue weighted by molar-refractivity contribution is 0.474. The van der Waals surface area contributed by atoms with Gasteiger partial charge in [0, 0.05) is 18.8 Å². The van der Waals surface area contributed by atoms with Gasteiger partial charge in [-0.15, -0.1) is 0 Å². The molecule has 106 valence electrons. The Balaban J connectivity index is 2.33. The second kappa shape index (κ2) is 6.21. The van der Waals surface area contributed by atoms with E-state index >= 15 is 0 Å². The fourth-order valence-corrected chi connectivity index (χ4v) is 1.98. The van der Waals surface area contributed by atoms with E-state index in [1.807, 2.05) is 6.07 Å². The summed E-state index contributed by atoms with van der Waals surface area (Å²) in [6.07, 6.45) is 2.04. The minimum Gasteiger partial charge on any atom is -0.508 e. The lowest BCUT2D eigenvalue weighted by Crippen LogP contribution is -2.39. The van der Waals surface area contributed by atoms with Crippen LogP contribution in [-0.2, 0) is 13.1 Å². The van der Waals surface area contributed by atoms with Gasteiger partial charge in [-0.1, -0.05) is 12.1 Å². The van der Waals surface area contributed by atoms with Crippen LogP contribution in [0.5, 0.6) is 5.75 Å². The molecule has 3 N–H and O–H groups in total. The predicted octanol–water partition coefficient (Wildman–Crippen LogP) is 0.113. The number of nitrogens with two attached hydrogens (primary N) is 1. The van der Waals surface area contributed by atoms with Crippen LogP contribution in [0, 0.1) is 0 Å². The molecule has 0 atom stereocenters. The number of aromatic hydroxyl groups is 1. The maximum atomic E-state index is 12.2. The molecule has 0 saturated carbocycles. The lowest BCUT2D eigenvalue weighted by Gasteiger charge is -2.09.